The van der Waals surface area contributed by atoms with Gasteiger partial charge in [0.1, 0.15) is 0 Å². The maximum absolute atomic E-state index is 12.5. The van der Waals surface area contributed by atoms with Crippen molar-refractivity contribution in [2.75, 3.05) is 13.1 Å². The minimum absolute atomic E-state index is 0.00532. The summed E-state index contributed by atoms with van der Waals surface area (Å²) >= 11 is 0. The number of piperidine rings is 1. The quantitative estimate of drug-likeness (QED) is 0.908. The lowest BCUT2D eigenvalue weighted by Crippen LogP contribution is -2.39. The molecule has 1 aliphatic carbocycles. The third-order valence-corrected chi connectivity index (χ3v) is 6.57. The molecule has 1 saturated heterocycles. The van der Waals surface area contributed by atoms with Gasteiger partial charge >= 0.3 is 0 Å². The molecule has 5 nitrogen and oxygen atoms in total. The number of hydrogen-bond acceptors (Lipinski definition) is 3. The molecule has 2 aliphatic rings. The third kappa shape index (κ3) is 3.98. The van der Waals surface area contributed by atoms with E-state index in [1.807, 2.05) is 4.90 Å². The van der Waals surface area contributed by atoms with Gasteiger partial charge in [-0.3, -0.25) is 4.79 Å². The first-order valence-corrected chi connectivity index (χ1v) is 10.4. The molecule has 3 rings (SSSR count). The summed E-state index contributed by atoms with van der Waals surface area (Å²) in [5.41, 5.74) is 0.559. The topological polar surface area (TPSA) is 66.5 Å². The molecule has 1 N–H and O–H groups in total. The number of benzene rings is 1. The van der Waals surface area contributed by atoms with Crippen LogP contribution in [0.2, 0.25) is 0 Å². The Balaban J connectivity index is 1.69. The van der Waals surface area contributed by atoms with Gasteiger partial charge in [-0.25, -0.2) is 13.1 Å². The van der Waals surface area contributed by atoms with E-state index in [0.29, 0.717) is 11.5 Å². The maximum atomic E-state index is 12.5. The highest BCUT2D eigenvalue weighted by Crippen LogP contribution is 2.22. The zero-order valence-electron chi connectivity index (χ0n) is 14.2. The van der Waals surface area contributed by atoms with E-state index >= 15 is 0 Å². The number of hydrogen-bond donors (Lipinski definition) is 1. The Morgan fingerprint density at radius 1 is 1.08 bits per heavy atom. The number of sulfonamides is 1. The number of carbonyl (C=O) groups excluding carboxylic acids is 1. The SMILES string of the molecule is CC1CCCN(C(=O)c2ccc(S(=O)(=O)NC3CCCC3)cc2)C1. The predicted molar refractivity (Wildman–Crippen MR) is 93.3 cm³/mol. The number of amides is 1. The molecule has 1 aliphatic heterocycles. The van der Waals surface area contributed by atoms with Crippen LogP contribution in [0.15, 0.2) is 29.2 Å². The molecule has 1 aromatic carbocycles. The van der Waals surface area contributed by atoms with Gasteiger partial charge in [-0.1, -0.05) is 19.8 Å². The van der Waals surface area contributed by atoms with Crippen LogP contribution in [0.25, 0.3) is 0 Å². The normalized spacial score (nSPS) is 22.7. The number of carbonyl (C=O) groups is 1. The summed E-state index contributed by atoms with van der Waals surface area (Å²) in [6.07, 6.45) is 6.16. The van der Waals surface area contributed by atoms with Gasteiger partial charge in [0.25, 0.3) is 5.91 Å². The van der Waals surface area contributed by atoms with E-state index in [4.69, 9.17) is 0 Å². The lowest BCUT2D eigenvalue weighted by molar-refractivity contribution is 0.0683. The lowest BCUT2D eigenvalue weighted by Gasteiger charge is -2.31. The molecular formula is C18H26N2O3S. The van der Waals surface area contributed by atoms with E-state index in [1.54, 1.807) is 12.1 Å². The molecule has 24 heavy (non-hydrogen) atoms. The van der Waals surface area contributed by atoms with Crippen LogP contribution in [0, 0.1) is 5.92 Å². The summed E-state index contributed by atoms with van der Waals surface area (Å²) in [5, 5.41) is 0. The highest BCUT2D eigenvalue weighted by atomic mass is 32.2. The second-order valence-electron chi connectivity index (χ2n) is 7.13. The molecule has 0 aromatic heterocycles. The summed E-state index contributed by atoms with van der Waals surface area (Å²) in [4.78, 5) is 14.6. The van der Waals surface area contributed by atoms with Crippen molar-refractivity contribution in [3.05, 3.63) is 29.8 Å². The summed E-state index contributed by atoms with van der Waals surface area (Å²) in [7, 11) is -3.49. The molecule has 1 saturated carbocycles. The highest BCUT2D eigenvalue weighted by Gasteiger charge is 2.24. The summed E-state index contributed by atoms with van der Waals surface area (Å²) in [5.74, 6) is 0.521. The van der Waals surface area contributed by atoms with Gasteiger partial charge in [-0.2, -0.15) is 0 Å². The number of likely N-dealkylation sites (tertiary alicyclic amines) is 1. The van der Waals surface area contributed by atoms with Gasteiger partial charge in [0.05, 0.1) is 4.90 Å². The fourth-order valence-electron chi connectivity index (χ4n) is 3.66. The van der Waals surface area contributed by atoms with Gasteiger partial charge in [0.2, 0.25) is 10.0 Å². The molecule has 0 spiro atoms. The van der Waals surface area contributed by atoms with Crippen LogP contribution in [-0.2, 0) is 10.0 Å². The van der Waals surface area contributed by atoms with Crippen molar-refractivity contribution in [3.8, 4) is 0 Å². The van der Waals surface area contributed by atoms with Crippen LogP contribution in [0.1, 0.15) is 55.8 Å². The van der Waals surface area contributed by atoms with Gasteiger partial charge in [-0.15, -0.1) is 0 Å². The van der Waals surface area contributed by atoms with Crippen molar-refractivity contribution in [1.82, 2.24) is 9.62 Å². The monoisotopic (exact) mass is 350 g/mol. The number of nitrogens with zero attached hydrogens (tertiary/aromatic N) is 1. The van der Waals surface area contributed by atoms with Crippen LogP contribution in [0.3, 0.4) is 0 Å². The molecule has 1 heterocycles. The summed E-state index contributed by atoms with van der Waals surface area (Å²) in [6.45, 7) is 3.72. The van der Waals surface area contributed by atoms with Gasteiger partial charge in [-0.05, 0) is 55.9 Å². The fourth-order valence-corrected chi connectivity index (χ4v) is 4.97. The Morgan fingerprint density at radius 3 is 2.38 bits per heavy atom. The minimum atomic E-state index is -3.49. The fraction of sp³-hybridized carbons (Fsp3) is 0.611. The highest BCUT2D eigenvalue weighted by molar-refractivity contribution is 7.89. The Labute approximate surface area is 144 Å². The van der Waals surface area contributed by atoms with E-state index < -0.39 is 10.0 Å². The van der Waals surface area contributed by atoms with Crippen LogP contribution >= 0.6 is 0 Å². The first-order valence-electron chi connectivity index (χ1n) is 8.87. The Hall–Kier alpha value is -1.40. The Morgan fingerprint density at radius 2 is 1.75 bits per heavy atom. The third-order valence-electron chi connectivity index (χ3n) is 5.03. The van der Waals surface area contributed by atoms with Gasteiger partial charge < -0.3 is 4.90 Å². The molecule has 6 heteroatoms. The average molecular weight is 350 g/mol. The average Bonchev–Trinajstić information content (AvgIpc) is 3.06. The first kappa shape index (κ1) is 17.4. The number of rotatable bonds is 4. The molecule has 0 radical (unpaired) electrons. The van der Waals surface area contributed by atoms with Crippen LogP contribution in [0.4, 0.5) is 0 Å². The van der Waals surface area contributed by atoms with Crippen LogP contribution in [0.5, 0.6) is 0 Å². The zero-order valence-corrected chi connectivity index (χ0v) is 15.0. The van der Waals surface area contributed by atoms with Crippen molar-refractivity contribution in [2.24, 2.45) is 5.92 Å². The van der Waals surface area contributed by atoms with E-state index in [0.717, 1.165) is 51.6 Å². The van der Waals surface area contributed by atoms with E-state index in [2.05, 4.69) is 11.6 Å². The number of nitrogens with one attached hydrogen (secondary N) is 1. The van der Waals surface area contributed by atoms with E-state index in [1.165, 1.54) is 12.1 Å². The molecule has 1 amide bonds. The first-order chi connectivity index (χ1) is 11.5. The van der Waals surface area contributed by atoms with Crippen molar-refractivity contribution in [3.63, 3.8) is 0 Å². The molecule has 2 fully saturated rings. The van der Waals surface area contributed by atoms with Crippen molar-refractivity contribution < 1.29 is 13.2 Å². The Bertz CT molecular complexity index is 679. The van der Waals surface area contributed by atoms with Crippen LogP contribution in [-0.4, -0.2) is 38.4 Å². The summed E-state index contributed by atoms with van der Waals surface area (Å²) < 4.78 is 27.6. The zero-order chi connectivity index (χ0) is 17.2. The van der Waals surface area contributed by atoms with E-state index in [-0.39, 0.29) is 16.8 Å². The Kier molecular flexibility index (Phi) is 5.25. The predicted octanol–water partition coefficient (Wildman–Crippen LogP) is 2.78. The molecule has 1 atom stereocenters. The molecule has 1 aromatic rings. The van der Waals surface area contributed by atoms with Crippen molar-refractivity contribution in [2.45, 2.75) is 56.4 Å². The van der Waals surface area contributed by atoms with Crippen molar-refractivity contribution in [1.29, 1.82) is 0 Å². The smallest absolute Gasteiger partial charge is 0.253 e. The maximum Gasteiger partial charge on any atom is 0.253 e. The minimum Gasteiger partial charge on any atom is -0.338 e. The molecule has 0 bridgehead atoms. The molecular weight excluding hydrogens is 324 g/mol. The standard InChI is InChI=1S/C18H26N2O3S/c1-14-5-4-12-20(13-14)18(21)15-8-10-17(11-9-15)24(22,23)19-16-6-2-3-7-16/h8-11,14,16,19H,2-7,12-13H2,1H3. The molecule has 1 unspecified atom stereocenters. The van der Waals surface area contributed by atoms with Gasteiger partial charge in [0.15, 0.2) is 0 Å². The van der Waals surface area contributed by atoms with E-state index in [9.17, 15) is 13.2 Å². The molecule has 132 valence electrons. The largest absolute Gasteiger partial charge is 0.338 e. The second-order valence-corrected chi connectivity index (χ2v) is 8.84. The van der Waals surface area contributed by atoms with Crippen molar-refractivity contribution >= 4 is 15.9 Å². The van der Waals surface area contributed by atoms with Crippen LogP contribution < -0.4 is 4.72 Å². The second kappa shape index (κ2) is 7.23. The summed E-state index contributed by atoms with van der Waals surface area (Å²) in [6, 6.07) is 6.39. The van der Waals surface area contributed by atoms with Gasteiger partial charge in [0, 0.05) is 24.7 Å². The lowest BCUT2D eigenvalue weighted by atomic mass is 9.99.